The number of benzene rings is 1. The largest absolute Gasteiger partial charge is 0.368 e. The van der Waals surface area contributed by atoms with E-state index in [1.165, 1.54) is 4.80 Å². The first kappa shape index (κ1) is 22.1. The van der Waals surface area contributed by atoms with Gasteiger partial charge in [0.05, 0.1) is 35.4 Å². The lowest BCUT2D eigenvalue weighted by Gasteiger charge is -2.40. The lowest BCUT2D eigenvalue weighted by atomic mass is 9.89. The maximum atomic E-state index is 13.9. The number of amides is 1. The Morgan fingerprint density at radius 3 is 2.68 bits per heavy atom. The summed E-state index contributed by atoms with van der Waals surface area (Å²) in [6.45, 7) is 9.52. The molecule has 176 valence electrons. The van der Waals surface area contributed by atoms with Crippen molar-refractivity contribution in [2.45, 2.75) is 46.6 Å². The monoisotopic (exact) mass is 458 g/mol. The number of fused-ring (bicyclic) bond motifs is 1. The maximum absolute atomic E-state index is 13.9. The molecule has 0 bridgehead atoms. The second kappa shape index (κ2) is 8.89. The summed E-state index contributed by atoms with van der Waals surface area (Å²) in [6.07, 6.45) is 5.32. The Kier molecular flexibility index (Phi) is 5.77. The highest BCUT2D eigenvalue weighted by Gasteiger charge is 2.33. The molecule has 0 saturated carbocycles. The smallest absolute Gasteiger partial charge is 0.256 e. The van der Waals surface area contributed by atoms with E-state index in [9.17, 15) is 4.79 Å². The van der Waals surface area contributed by atoms with Gasteiger partial charge in [-0.1, -0.05) is 18.6 Å². The Hall–Kier alpha value is -3.75. The molecule has 1 aliphatic rings. The molecule has 1 aromatic carbocycles. The van der Waals surface area contributed by atoms with Gasteiger partial charge in [-0.3, -0.25) is 4.79 Å². The molecule has 0 spiro atoms. The molecular weight excluding hydrogens is 428 g/mol. The first-order valence-electron chi connectivity index (χ1n) is 11.8. The van der Waals surface area contributed by atoms with Crippen LogP contribution in [0.15, 0.2) is 42.7 Å². The molecule has 0 aliphatic carbocycles. The van der Waals surface area contributed by atoms with Gasteiger partial charge in [-0.15, -0.1) is 0 Å². The second-order valence-electron chi connectivity index (χ2n) is 9.24. The Labute approximate surface area is 198 Å². The van der Waals surface area contributed by atoms with Crippen molar-refractivity contribution in [3.05, 3.63) is 65.2 Å². The summed E-state index contributed by atoms with van der Waals surface area (Å²) < 4.78 is 1.84. The van der Waals surface area contributed by atoms with Crippen molar-refractivity contribution in [2.24, 2.45) is 5.92 Å². The van der Waals surface area contributed by atoms with Gasteiger partial charge in [-0.25, -0.2) is 4.98 Å². The molecule has 4 aromatic rings. The Morgan fingerprint density at radius 2 is 1.88 bits per heavy atom. The molecular formula is C25H30N8O. The highest BCUT2D eigenvalue weighted by molar-refractivity contribution is 5.98. The zero-order chi connectivity index (χ0) is 23.8. The van der Waals surface area contributed by atoms with Gasteiger partial charge in [0, 0.05) is 30.9 Å². The summed E-state index contributed by atoms with van der Waals surface area (Å²) >= 11 is 0. The van der Waals surface area contributed by atoms with E-state index in [-0.39, 0.29) is 11.9 Å². The number of likely N-dealkylation sites (tertiary alicyclic amines) is 1. The molecule has 1 N–H and O–H groups in total. The standard InChI is InChI=1S/C25H30N8O/c1-16-7-8-21(33-27-9-10-28-33)20(12-16)25(34)31-11-5-6-17(2)22(31)15-26-23-13-18(3)29-24-14-19(4)30-32(23)24/h7-10,12-14,17,22,26H,5-6,11,15H2,1-4H3/t17-,22-/m1/s1. The van der Waals surface area contributed by atoms with Gasteiger partial charge < -0.3 is 10.2 Å². The zero-order valence-corrected chi connectivity index (χ0v) is 20.1. The number of hydrogen-bond acceptors (Lipinski definition) is 6. The van der Waals surface area contributed by atoms with E-state index in [0.29, 0.717) is 23.7 Å². The van der Waals surface area contributed by atoms with Crippen LogP contribution >= 0.6 is 0 Å². The fourth-order valence-corrected chi connectivity index (χ4v) is 4.85. The number of nitrogens with one attached hydrogen (secondary N) is 1. The molecule has 4 heterocycles. The van der Waals surface area contributed by atoms with Crippen molar-refractivity contribution < 1.29 is 4.79 Å². The first-order chi connectivity index (χ1) is 16.4. The number of carbonyl (C=O) groups is 1. The highest BCUT2D eigenvalue weighted by atomic mass is 16.2. The fraction of sp³-hybridized carbons (Fsp3) is 0.400. The summed E-state index contributed by atoms with van der Waals surface area (Å²) in [4.78, 5) is 22.0. The SMILES string of the molecule is Cc1ccc(-n2nccn2)c(C(=O)N2CCC[C@@H](C)[C@H]2CNc2cc(C)nc3cc(C)nn23)c1. The summed E-state index contributed by atoms with van der Waals surface area (Å²) in [6, 6.07) is 9.85. The molecule has 1 fully saturated rings. The van der Waals surface area contributed by atoms with E-state index in [1.54, 1.807) is 12.4 Å². The minimum absolute atomic E-state index is 0.0142. The average Bonchev–Trinajstić information content (AvgIpc) is 3.46. The maximum Gasteiger partial charge on any atom is 0.256 e. The molecule has 2 atom stereocenters. The molecule has 34 heavy (non-hydrogen) atoms. The number of nitrogens with zero attached hydrogens (tertiary/aromatic N) is 7. The highest BCUT2D eigenvalue weighted by Crippen LogP contribution is 2.28. The number of anilines is 1. The summed E-state index contributed by atoms with van der Waals surface area (Å²) in [5.41, 5.74) is 5.02. The van der Waals surface area contributed by atoms with Gasteiger partial charge in [-0.05, 0) is 51.7 Å². The third-order valence-electron chi connectivity index (χ3n) is 6.56. The van der Waals surface area contributed by atoms with Gasteiger partial charge in [0.1, 0.15) is 5.82 Å². The number of aromatic nitrogens is 6. The first-order valence-corrected chi connectivity index (χ1v) is 11.8. The van der Waals surface area contributed by atoms with Crippen LogP contribution in [0.4, 0.5) is 5.82 Å². The second-order valence-corrected chi connectivity index (χ2v) is 9.24. The van der Waals surface area contributed by atoms with Gasteiger partial charge in [0.25, 0.3) is 5.91 Å². The number of hydrogen-bond donors (Lipinski definition) is 1. The Bertz CT molecular complexity index is 1330. The molecule has 0 radical (unpaired) electrons. The van der Waals surface area contributed by atoms with Crippen molar-refractivity contribution in [2.75, 3.05) is 18.4 Å². The van der Waals surface area contributed by atoms with Crippen LogP contribution in [0, 0.1) is 26.7 Å². The summed E-state index contributed by atoms with van der Waals surface area (Å²) in [5.74, 6) is 1.26. The van der Waals surface area contributed by atoms with Crippen LogP contribution < -0.4 is 5.32 Å². The normalized spacial score (nSPS) is 18.4. The quantitative estimate of drug-likeness (QED) is 0.491. The van der Waals surface area contributed by atoms with Crippen LogP contribution in [-0.4, -0.2) is 59.5 Å². The third-order valence-corrected chi connectivity index (χ3v) is 6.56. The van der Waals surface area contributed by atoms with Gasteiger partial charge in [-0.2, -0.15) is 24.6 Å². The Balaban J connectivity index is 1.45. The van der Waals surface area contributed by atoms with Crippen LogP contribution in [0.2, 0.25) is 0 Å². The molecule has 9 nitrogen and oxygen atoms in total. The molecule has 1 saturated heterocycles. The van der Waals surface area contributed by atoms with Crippen molar-refractivity contribution in [3.8, 4) is 5.69 Å². The van der Waals surface area contributed by atoms with Crippen LogP contribution in [0.3, 0.4) is 0 Å². The molecule has 1 aliphatic heterocycles. The van der Waals surface area contributed by atoms with E-state index < -0.39 is 0 Å². The van der Waals surface area contributed by atoms with Gasteiger partial charge in [0.15, 0.2) is 5.65 Å². The molecule has 9 heteroatoms. The lowest BCUT2D eigenvalue weighted by molar-refractivity contribution is 0.0539. The van der Waals surface area contributed by atoms with Crippen molar-refractivity contribution in [1.29, 1.82) is 0 Å². The predicted octanol–water partition coefficient (Wildman–Crippen LogP) is 3.59. The van der Waals surface area contributed by atoms with E-state index >= 15 is 0 Å². The summed E-state index contributed by atoms with van der Waals surface area (Å²) in [5, 5.41) is 16.7. The predicted molar refractivity (Wildman–Crippen MR) is 130 cm³/mol. The van der Waals surface area contributed by atoms with Gasteiger partial charge >= 0.3 is 0 Å². The number of aryl methyl sites for hydroxylation is 3. The van der Waals surface area contributed by atoms with Crippen LogP contribution in [0.5, 0.6) is 0 Å². The van der Waals surface area contributed by atoms with Crippen LogP contribution in [0.25, 0.3) is 11.3 Å². The lowest BCUT2D eigenvalue weighted by Crippen LogP contribution is -2.51. The minimum Gasteiger partial charge on any atom is -0.368 e. The van der Waals surface area contributed by atoms with Crippen molar-refractivity contribution in [1.82, 2.24) is 34.5 Å². The van der Waals surface area contributed by atoms with E-state index in [0.717, 1.165) is 47.8 Å². The van der Waals surface area contributed by atoms with E-state index in [1.807, 2.05) is 60.5 Å². The topological polar surface area (TPSA) is 93.2 Å². The van der Waals surface area contributed by atoms with Crippen LogP contribution in [-0.2, 0) is 0 Å². The zero-order valence-electron chi connectivity index (χ0n) is 20.1. The number of piperidine rings is 1. The van der Waals surface area contributed by atoms with Crippen molar-refractivity contribution in [3.63, 3.8) is 0 Å². The van der Waals surface area contributed by atoms with E-state index in [2.05, 4.69) is 32.5 Å². The number of carbonyl (C=O) groups excluding carboxylic acids is 1. The molecule has 3 aromatic heterocycles. The third kappa shape index (κ3) is 4.13. The van der Waals surface area contributed by atoms with Crippen LogP contribution in [0.1, 0.15) is 47.1 Å². The summed E-state index contributed by atoms with van der Waals surface area (Å²) in [7, 11) is 0. The van der Waals surface area contributed by atoms with Crippen molar-refractivity contribution >= 4 is 17.4 Å². The Morgan fingerprint density at radius 1 is 1.09 bits per heavy atom. The number of rotatable bonds is 5. The van der Waals surface area contributed by atoms with Gasteiger partial charge in [0.2, 0.25) is 0 Å². The molecule has 0 unspecified atom stereocenters. The molecule has 5 rings (SSSR count). The average molecular weight is 459 g/mol. The minimum atomic E-state index is 0.0142. The molecule has 1 amide bonds. The fourth-order valence-electron chi connectivity index (χ4n) is 4.85. The van der Waals surface area contributed by atoms with E-state index in [4.69, 9.17) is 0 Å².